The molecule has 3 heteroatoms. The van der Waals surface area contributed by atoms with Crippen molar-refractivity contribution >= 4 is 11.6 Å². The number of rotatable bonds is 5. The van der Waals surface area contributed by atoms with E-state index in [0.717, 1.165) is 28.1 Å². The molecule has 2 aromatic rings. The molecule has 1 atom stereocenters. The van der Waals surface area contributed by atoms with Crippen molar-refractivity contribution in [1.82, 2.24) is 0 Å². The molecule has 0 heterocycles. The Kier molecular flexibility index (Phi) is 5.43. The van der Waals surface area contributed by atoms with Crippen molar-refractivity contribution in [3.63, 3.8) is 0 Å². The van der Waals surface area contributed by atoms with E-state index in [4.69, 9.17) is 4.74 Å². The molecule has 1 amide bonds. The van der Waals surface area contributed by atoms with E-state index in [0.29, 0.717) is 6.42 Å². The summed E-state index contributed by atoms with van der Waals surface area (Å²) in [5.74, 6) is 0.656. The van der Waals surface area contributed by atoms with Crippen LogP contribution in [0.3, 0.4) is 0 Å². The van der Waals surface area contributed by atoms with Gasteiger partial charge in [0.05, 0.1) is 0 Å². The van der Waals surface area contributed by atoms with Crippen molar-refractivity contribution in [3.8, 4) is 5.75 Å². The summed E-state index contributed by atoms with van der Waals surface area (Å²) in [6.07, 6.45) is 0.112. The SMILES string of the molecule is CCC(Oc1cc(C)ccc1C)C(=O)Nc1ccc(C)c(C)c1. The third-order valence-electron chi connectivity index (χ3n) is 4.05. The highest BCUT2D eigenvalue weighted by molar-refractivity contribution is 5.94. The van der Waals surface area contributed by atoms with Gasteiger partial charge in [-0.25, -0.2) is 0 Å². The maximum Gasteiger partial charge on any atom is 0.265 e. The van der Waals surface area contributed by atoms with Crippen LogP contribution in [0.25, 0.3) is 0 Å². The van der Waals surface area contributed by atoms with Gasteiger partial charge in [-0.2, -0.15) is 0 Å². The van der Waals surface area contributed by atoms with E-state index in [1.54, 1.807) is 0 Å². The number of carbonyl (C=O) groups is 1. The number of hydrogen-bond acceptors (Lipinski definition) is 2. The van der Waals surface area contributed by atoms with E-state index in [1.807, 2.05) is 64.1 Å². The summed E-state index contributed by atoms with van der Waals surface area (Å²) in [6, 6.07) is 11.9. The molecule has 1 unspecified atom stereocenters. The number of hydrogen-bond donors (Lipinski definition) is 1. The number of ether oxygens (including phenoxy) is 1. The lowest BCUT2D eigenvalue weighted by Crippen LogP contribution is -2.32. The Bertz CT molecular complexity index is 707. The Morgan fingerprint density at radius 3 is 2.35 bits per heavy atom. The smallest absolute Gasteiger partial charge is 0.265 e. The number of benzene rings is 2. The van der Waals surface area contributed by atoms with Gasteiger partial charge >= 0.3 is 0 Å². The Morgan fingerprint density at radius 1 is 1.00 bits per heavy atom. The van der Waals surface area contributed by atoms with Crippen molar-refractivity contribution < 1.29 is 9.53 Å². The van der Waals surface area contributed by atoms with Crippen LogP contribution in [0.15, 0.2) is 36.4 Å². The maximum atomic E-state index is 12.5. The summed E-state index contributed by atoms with van der Waals surface area (Å²) in [4.78, 5) is 12.5. The van der Waals surface area contributed by atoms with Crippen LogP contribution in [0, 0.1) is 27.7 Å². The Balaban J connectivity index is 2.11. The number of aryl methyl sites for hydroxylation is 4. The van der Waals surface area contributed by atoms with Crippen molar-refractivity contribution in [2.45, 2.75) is 47.1 Å². The lowest BCUT2D eigenvalue weighted by Gasteiger charge is -2.19. The number of carbonyl (C=O) groups excluding carboxylic acids is 1. The predicted octanol–water partition coefficient (Wildman–Crippen LogP) is 4.72. The topological polar surface area (TPSA) is 38.3 Å². The van der Waals surface area contributed by atoms with Gasteiger partial charge in [-0.05, 0) is 74.6 Å². The van der Waals surface area contributed by atoms with Crippen LogP contribution in [0.5, 0.6) is 5.75 Å². The van der Waals surface area contributed by atoms with Crippen LogP contribution in [0.1, 0.15) is 35.6 Å². The minimum atomic E-state index is -0.503. The summed E-state index contributed by atoms with van der Waals surface area (Å²) in [5.41, 5.74) is 5.33. The summed E-state index contributed by atoms with van der Waals surface area (Å²) in [7, 11) is 0. The van der Waals surface area contributed by atoms with E-state index >= 15 is 0 Å². The van der Waals surface area contributed by atoms with Crippen LogP contribution in [-0.4, -0.2) is 12.0 Å². The first-order valence-corrected chi connectivity index (χ1v) is 8.02. The van der Waals surface area contributed by atoms with Crippen LogP contribution in [0.4, 0.5) is 5.69 Å². The molecule has 2 rings (SSSR count). The van der Waals surface area contributed by atoms with Crippen molar-refractivity contribution in [2.24, 2.45) is 0 Å². The van der Waals surface area contributed by atoms with Gasteiger partial charge in [0.15, 0.2) is 6.10 Å². The van der Waals surface area contributed by atoms with Gasteiger partial charge in [0.2, 0.25) is 0 Å². The average Bonchev–Trinajstić information content (AvgIpc) is 2.51. The third kappa shape index (κ3) is 4.35. The molecule has 0 aliphatic heterocycles. The summed E-state index contributed by atoms with van der Waals surface area (Å²) in [6.45, 7) is 10.1. The van der Waals surface area contributed by atoms with E-state index in [9.17, 15) is 4.79 Å². The quantitative estimate of drug-likeness (QED) is 0.868. The highest BCUT2D eigenvalue weighted by Crippen LogP contribution is 2.22. The molecule has 2 aromatic carbocycles. The molecule has 0 aromatic heterocycles. The van der Waals surface area contributed by atoms with Gasteiger partial charge < -0.3 is 10.1 Å². The van der Waals surface area contributed by atoms with Crippen LogP contribution in [-0.2, 0) is 4.79 Å². The van der Waals surface area contributed by atoms with Crippen molar-refractivity contribution in [2.75, 3.05) is 5.32 Å². The lowest BCUT2D eigenvalue weighted by atomic mass is 10.1. The summed E-state index contributed by atoms with van der Waals surface area (Å²) >= 11 is 0. The first-order valence-electron chi connectivity index (χ1n) is 8.02. The van der Waals surface area contributed by atoms with Crippen molar-refractivity contribution in [1.29, 1.82) is 0 Å². The first-order chi connectivity index (χ1) is 10.9. The second-order valence-electron chi connectivity index (χ2n) is 6.07. The minimum Gasteiger partial charge on any atom is -0.480 e. The second kappa shape index (κ2) is 7.32. The van der Waals surface area contributed by atoms with E-state index < -0.39 is 6.10 Å². The molecule has 3 nitrogen and oxygen atoms in total. The highest BCUT2D eigenvalue weighted by atomic mass is 16.5. The Hall–Kier alpha value is -2.29. The van der Waals surface area contributed by atoms with Gasteiger partial charge in [0.25, 0.3) is 5.91 Å². The molecular formula is C20H25NO2. The zero-order chi connectivity index (χ0) is 17.0. The van der Waals surface area contributed by atoms with Gasteiger partial charge in [-0.3, -0.25) is 4.79 Å². The standard InChI is InChI=1S/C20H25NO2/c1-6-18(23-19-11-13(2)7-8-15(19)4)20(22)21-17-10-9-14(3)16(5)12-17/h7-12,18H,6H2,1-5H3,(H,21,22). The van der Waals surface area contributed by atoms with E-state index in [1.165, 1.54) is 5.56 Å². The highest BCUT2D eigenvalue weighted by Gasteiger charge is 2.19. The molecule has 0 fully saturated rings. The Labute approximate surface area is 138 Å². The molecular weight excluding hydrogens is 286 g/mol. The molecule has 0 aliphatic rings. The van der Waals surface area contributed by atoms with Gasteiger partial charge in [0.1, 0.15) is 5.75 Å². The molecule has 1 N–H and O–H groups in total. The summed E-state index contributed by atoms with van der Waals surface area (Å²) in [5, 5.41) is 2.95. The fourth-order valence-corrected chi connectivity index (χ4v) is 2.35. The number of amides is 1. The van der Waals surface area contributed by atoms with Crippen molar-refractivity contribution in [3.05, 3.63) is 58.7 Å². The summed E-state index contributed by atoms with van der Waals surface area (Å²) < 4.78 is 5.95. The minimum absolute atomic E-state index is 0.114. The third-order valence-corrected chi connectivity index (χ3v) is 4.05. The van der Waals surface area contributed by atoms with Crippen LogP contribution >= 0.6 is 0 Å². The molecule has 0 spiro atoms. The molecule has 23 heavy (non-hydrogen) atoms. The first kappa shape index (κ1) is 17.1. The average molecular weight is 311 g/mol. The maximum absolute atomic E-state index is 12.5. The molecule has 0 saturated carbocycles. The molecule has 0 saturated heterocycles. The van der Waals surface area contributed by atoms with Gasteiger partial charge in [-0.15, -0.1) is 0 Å². The normalized spacial score (nSPS) is 11.9. The Morgan fingerprint density at radius 2 is 1.70 bits per heavy atom. The fraction of sp³-hybridized carbons (Fsp3) is 0.350. The molecule has 122 valence electrons. The second-order valence-corrected chi connectivity index (χ2v) is 6.07. The zero-order valence-corrected chi connectivity index (χ0v) is 14.6. The lowest BCUT2D eigenvalue weighted by molar-refractivity contribution is -0.122. The number of anilines is 1. The monoisotopic (exact) mass is 311 g/mol. The van der Waals surface area contributed by atoms with Crippen LogP contribution < -0.4 is 10.1 Å². The van der Waals surface area contributed by atoms with Gasteiger partial charge in [0, 0.05) is 5.69 Å². The number of nitrogens with one attached hydrogen (secondary N) is 1. The zero-order valence-electron chi connectivity index (χ0n) is 14.6. The molecule has 0 radical (unpaired) electrons. The van der Waals surface area contributed by atoms with Gasteiger partial charge in [-0.1, -0.05) is 25.1 Å². The molecule has 0 bridgehead atoms. The van der Waals surface area contributed by atoms with E-state index in [-0.39, 0.29) is 5.91 Å². The molecule has 0 aliphatic carbocycles. The van der Waals surface area contributed by atoms with Crippen LogP contribution in [0.2, 0.25) is 0 Å². The fourth-order valence-electron chi connectivity index (χ4n) is 2.35. The predicted molar refractivity (Wildman–Crippen MR) is 95.2 cm³/mol. The van der Waals surface area contributed by atoms with E-state index in [2.05, 4.69) is 12.2 Å². The largest absolute Gasteiger partial charge is 0.480 e.